The molecule has 0 unspecified atom stereocenters. The van der Waals surface area contributed by atoms with Crippen molar-refractivity contribution in [1.82, 2.24) is 0 Å². The Labute approximate surface area is 329 Å². The standard InChI is InChI=1S/C40H68O16/c1-17(2)19(15-53-37-34(31(50)32(55-37)22(44)14-41)56-36-33(52-6)28(47)23(45)16-54-36)8-7-18(3)25-29(48)30(49)35-39(25,5)12-10-24-38(4)11-9-20(42)27(46)26(38)21(43)13-40(24,35)51/h7-8,17-37,41-51H,9-16H2,1-6H3/b8-7+/t18-,19+,20+,21+,22-,23-,24-,25+,26+,27+,28+,29-,30-,31+,32+,33-,34-,35-,36+,37-,38-,39-,40+/m1/s1. The van der Waals surface area contributed by atoms with Crippen molar-refractivity contribution >= 4 is 0 Å². The predicted octanol–water partition coefficient (Wildman–Crippen LogP) is -1.60. The molecule has 6 aliphatic rings. The van der Waals surface area contributed by atoms with E-state index in [1.54, 1.807) is 0 Å². The van der Waals surface area contributed by atoms with Gasteiger partial charge in [0.1, 0.15) is 42.7 Å². The Kier molecular flexibility index (Phi) is 13.4. The summed E-state index contributed by atoms with van der Waals surface area (Å²) in [4.78, 5) is 0. The molecule has 0 aromatic heterocycles. The van der Waals surface area contributed by atoms with Crippen molar-refractivity contribution in [2.45, 2.75) is 158 Å². The van der Waals surface area contributed by atoms with E-state index in [0.29, 0.717) is 25.7 Å². The van der Waals surface area contributed by atoms with Crippen molar-refractivity contribution in [1.29, 1.82) is 0 Å². The van der Waals surface area contributed by atoms with Gasteiger partial charge in [-0.05, 0) is 60.2 Å². The van der Waals surface area contributed by atoms with Crippen LogP contribution in [0.2, 0.25) is 0 Å². The summed E-state index contributed by atoms with van der Waals surface area (Å²) in [5, 5.41) is 121. The monoisotopic (exact) mass is 804 g/mol. The van der Waals surface area contributed by atoms with Gasteiger partial charge in [-0.3, -0.25) is 0 Å². The van der Waals surface area contributed by atoms with Crippen LogP contribution in [0.4, 0.5) is 0 Å². The third-order valence-corrected chi connectivity index (χ3v) is 15.2. The first-order valence-corrected chi connectivity index (χ1v) is 20.5. The van der Waals surface area contributed by atoms with E-state index in [2.05, 4.69) is 0 Å². The smallest absolute Gasteiger partial charge is 0.187 e. The second kappa shape index (κ2) is 16.9. The lowest BCUT2D eigenvalue weighted by molar-refractivity contribution is -0.308. The van der Waals surface area contributed by atoms with Crippen LogP contribution < -0.4 is 0 Å². The second-order valence-corrected chi connectivity index (χ2v) is 18.7. The Balaban J connectivity index is 1.17. The maximum atomic E-state index is 12.7. The average molecular weight is 805 g/mol. The van der Waals surface area contributed by atoms with E-state index < -0.39 is 127 Å². The number of hydrogen-bond donors (Lipinski definition) is 11. The lowest BCUT2D eigenvalue weighted by Gasteiger charge is -2.66. The zero-order chi connectivity index (χ0) is 41.2. The molecule has 56 heavy (non-hydrogen) atoms. The molecule has 0 amide bonds. The lowest BCUT2D eigenvalue weighted by atomic mass is 9.41. The molecule has 16 heteroatoms. The van der Waals surface area contributed by atoms with Crippen LogP contribution in [0, 0.1) is 52.3 Å². The topological polar surface area (TPSA) is 269 Å². The number of aliphatic hydroxyl groups excluding tert-OH is 10. The van der Waals surface area contributed by atoms with Gasteiger partial charge in [-0.1, -0.05) is 46.8 Å². The molecule has 23 atom stereocenters. The zero-order valence-corrected chi connectivity index (χ0v) is 33.4. The summed E-state index contributed by atoms with van der Waals surface area (Å²) in [7, 11) is 1.31. The molecule has 16 nitrogen and oxygen atoms in total. The molecular formula is C40H68O16. The fourth-order valence-corrected chi connectivity index (χ4v) is 12.3. The SMILES string of the molecule is CO[C@H]1[C@H](O[C@H]2[C@H](OC[C@H](/C=C/[C@@H](C)[C@H]3[C@@H](O)[C@@H](O)[C@@H]4[C@]3(C)CC[C@@H]3[C@@]5(C)CC[C@H](O)[C@H](O)[C@@H]5[C@@H](O)C[C@]34O)C(C)C)O[C@@H]([C@H](O)CO)[C@@H]2O)OC[C@@H](O)[C@@H]1O. The Bertz CT molecular complexity index is 1350. The molecule has 0 aromatic carbocycles. The first-order chi connectivity index (χ1) is 26.3. The van der Waals surface area contributed by atoms with E-state index in [1.807, 2.05) is 46.8 Å². The van der Waals surface area contributed by atoms with Crippen molar-refractivity contribution in [2.24, 2.45) is 52.3 Å². The number of ether oxygens (including phenoxy) is 5. The third kappa shape index (κ3) is 7.45. The number of methoxy groups -OCH3 is 1. The molecule has 2 heterocycles. The van der Waals surface area contributed by atoms with E-state index in [9.17, 15) is 56.2 Å². The number of hydrogen-bond acceptors (Lipinski definition) is 16. The zero-order valence-electron chi connectivity index (χ0n) is 33.4. The summed E-state index contributed by atoms with van der Waals surface area (Å²) in [5.41, 5.74) is -2.90. The van der Waals surface area contributed by atoms with Crippen LogP contribution in [0.3, 0.4) is 0 Å². The Hall–Kier alpha value is -0.900. The van der Waals surface area contributed by atoms with E-state index in [0.717, 1.165) is 0 Å². The van der Waals surface area contributed by atoms with E-state index in [-0.39, 0.29) is 43.3 Å². The van der Waals surface area contributed by atoms with Gasteiger partial charge in [0.15, 0.2) is 12.6 Å². The summed E-state index contributed by atoms with van der Waals surface area (Å²) >= 11 is 0. The van der Waals surface area contributed by atoms with Crippen LogP contribution >= 0.6 is 0 Å². The van der Waals surface area contributed by atoms with Crippen molar-refractivity contribution in [3.63, 3.8) is 0 Å². The highest BCUT2D eigenvalue weighted by molar-refractivity contribution is 5.23. The number of allylic oxidation sites excluding steroid dienone is 1. The summed E-state index contributed by atoms with van der Waals surface area (Å²) < 4.78 is 29.0. The maximum absolute atomic E-state index is 12.7. The second-order valence-electron chi connectivity index (χ2n) is 18.7. The summed E-state index contributed by atoms with van der Waals surface area (Å²) in [5.74, 6) is -2.66. The minimum Gasteiger partial charge on any atom is -0.394 e. The molecule has 4 aliphatic carbocycles. The molecule has 0 aromatic rings. The van der Waals surface area contributed by atoms with Gasteiger partial charge in [0.2, 0.25) is 0 Å². The van der Waals surface area contributed by atoms with Gasteiger partial charge in [-0.25, -0.2) is 0 Å². The number of aliphatic hydroxyl groups is 11. The van der Waals surface area contributed by atoms with E-state index in [4.69, 9.17) is 23.7 Å². The molecule has 0 spiro atoms. The molecule has 0 bridgehead atoms. The largest absolute Gasteiger partial charge is 0.394 e. The van der Waals surface area contributed by atoms with Crippen LogP contribution in [0.1, 0.15) is 66.7 Å². The minimum atomic E-state index is -1.51. The minimum absolute atomic E-state index is 0.0273. The molecule has 0 radical (unpaired) electrons. The molecule has 2 saturated heterocycles. The molecule has 324 valence electrons. The van der Waals surface area contributed by atoms with Gasteiger partial charge in [-0.15, -0.1) is 0 Å². The van der Waals surface area contributed by atoms with Gasteiger partial charge < -0.3 is 79.9 Å². The third-order valence-electron chi connectivity index (χ3n) is 15.2. The summed E-state index contributed by atoms with van der Waals surface area (Å²) in [6.45, 7) is 9.05. The molecule has 4 saturated carbocycles. The van der Waals surface area contributed by atoms with Crippen LogP contribution in [-0.2, 0) is 23.7 Å². The van der Waals surface area contributed by atoms with Gasteiger partial charge in [0.05, 0.1) is 55.9 Å². The number of rotatable bonds is 12. The van der Waals surface area contributed by atoms with Crippen molar-refractivity contribution in [3.05, 3.63) is 12.2 Å². The Morgan fingerprint density at radius 2 is 1.46 bits per heavy atom. The molecule has 6 rings (SSSR count). The van der Waals surface area contributed by atoms with Crippen molar-refractivity contribution < 1.29 is 79.9 Å². The maximum Gasteiger partial charge on any atom is 0.187 e. The van der Waals surface area contributed by atoms with E-state index in [1.165, 1.54) is 7.11 Å². The molecular weight excluding hydrogens is 736 g/mol. The summed E-state index contributed by atoms with van der Waals surface area (Å²) in [6, 6.07) is 0. The average Bonchev–Trinajstić information content (AvgIpc) is 3.55. The fourth-order valence-electron chi connectivity index (χ4n) is 12.3. The Morgan fingerprint density at radius 3 is 2.11 bits per heavy atom. The highest BCUT2D eigenvalue weighted by Gasteiger charge is 2.73. The summed E-state index contributed by atoms with van der Waals surface area (Å²) in [6.07, 6.45) is -11.3. The lowest BCUT2D eigenvalue weighted by Crippen LogP contribution is -2.71. The van der Waals surface area contributed by atoms with Crippen LogP contribution in [0.5, 0.6) is 0 Å². The number of fused-ring (bicyclic) bond motifs is 5. The van der Waals surface area contributed by atoms with Crippen molar-refractivity contribution in [2.75, 3.05) is 26.9 Å². The fraction of sp³-hybridized carbons (Fsp3) is 0.950. The Morgan fingerprint density at radius 1 is 0.786 bits per heavy atom. The normalized spacial score (nSPS) is 52.4. The highest BCUT2D eigenvalue weighted by Crippen LogP contribution is 2.69. The van der Waals surface area contributed by atoms with Crippen LogP contribution in [0.25, 0.3) is 0 Å². The predicted molar refractivity (Wildman–Crippen MR) is 196 cm³/mol. The van der Waals surface area contributed by atoms with Gasteiger partial charge >= 0.3 is 0 Å². The van der Waals surface area contributed by atoms with Gasteiger partial charge in [0, 0.05) is 31.3 Å². The van der Waals surface area contributed by atoms with Crippen molar-refractivity contribution in [3.8, 4) is 0 Å². The van der Waals surface area contributed by atoms with Crippen LogP contribution in [0.15, 0.2) is 12.2 Å². The van der Waals surface area contributed by atoms with Crippen LogP contribution in [-0.4, -0.2) is 175 Å². The molecule has 2 aliphatic heterocycles. The quantitative estimate of drug-likeness (QED) is 0.0993. The highest BCUT2D eigenvalue weighted by atomic mass is 16.8. The first kappa shape index (κ1) is 44.6. The van der Waals surface area contributed by atoms with Gasteiger partial charge in [-0.2, -0.15) is 0 Å². The molecule has 11 N–H and O–H groups in total. The molecule has 6 fully saturated rings. The van der Waals surface area contributed by atoms with Gasteiger partial charge in [0.25, 0.3) is 0 Å². The first-order valence-electron chi connectivity index (χ1n) is 20.5. The van der Waals surface area contributed by atoms with E-state index >= 15 is 0 Å².